The summed E-state index contributed by atoms with van der Waals surface area (Å²) in [7, 11) is 5.81. The second-order valence-electron chi connectivity index (χ2n) is 5.80. The number of methoxy groups -OCH3 is 1. The summed E-state index contributed by atoms with van der Waals surface area (Å²) >= 11 is 5.39. The fourth-order valence-corrected chi connectivity index (χ4v) is 2.61. The molecule has 0 amide bonds. The van der Waals surface area contributed by atoms with Crippen LogP contribution in [0.5, 0.6) is 5.75 Å². The second-order valence-corrected chi connectivity index (χ2v) is 6.21. The van der Waals surface area contributed by atoms with Crippen molar-refractivity contribution < 1.29 is 4.74 Å². The fourth-order valence-electron chi connectivity index (χ4n) is 2.45. The van der Waals surface area contributed by atoms with E-state index in [2.05, 4.69) is 53.9 Å². The molecule has 0 aliphatic carbocycles. The van der Waals surface area contributed by atoms with Crippen molar-refractivity contribution in [2.45, 2.75) is 12.6 Å². The van der Waals surface area contributed by atoms with E-state index in [1.54, 1.807) is 7.11 Å². The number of ether oxygens (including phenoxy) is 1. The number of likely N-dealkylation sites (N-methyl/N-ethyl adjacent to an activating group) is 1. The highest BCUT2D eigenvalue weighted by Crippen LogP contribution is 2.20. The van der Waals surface area contributed by atoms with Gasteiger partial charge >= 0.3 is 0 Å². The van der Waals surface area contributed by atoms with Gasteiger partial charge in [-0.25, -0.2) is 0 Å². The van der Waals surface area contributed by atoms with Crippen molar-refractivity contribution >= 4 is 17.3 Å². The lowest BCUT2D eigenvalue weighted by Gasteiger charge is -2.26. The first kappa shape index (κ1) is 18.2. The van der Waals surface area contributed by atoms with Crippen LogP contribution in [0.4, 0.5) is 0 Å². The monoisotopic (exact) mass is 343 g/mol. The van der Waals surface area contributed by atoms with Crippen molar-refractivity contribution in [2.75, 3.05) is 27.7 Å². The molecule has 0 saturated heterocycles. The first-order chi connectivity index (χ1) is 11.6. The topological polar surface area (TPSA) is 36.5 Å². The number of hydrogen-bond acceptors (Lipinski definition) is 3. The van der Waals surface area contributed by atoms with Gasteiger partial charge in [-0.2, -0.15) is 0 Å². The van der Waals surface area contributed by atoms with Crippen molar-refractivity contribution in [3.8, 4) is 5.75 Å². The lowest BCUT2D eigenvalue weighted by atomic mass is 10.1. The molecule has 24 heavy (non-hydrogen) atoms. The zero-order valence-corrected chi connectivity index (χ0v) is 15.3. The Balaban J connectivity index is 1.87. The predicted molar refractivity (Wildman–Crippen MR) is 103 cm³/mol. The van der Waals surface area contributed by atoms with Crippen molar-refractivity contribution in [3.63, 3.8) is 0 Å². The summed E-state index contributed by atoms with van der Waals surface area (Å²) < 4.78 is 5.22. The second kappa shape index (κ2) is 9.25. The molecule has 0 aliphatic rings. The van der Waals surface area contributed by atoms with Crippen LogP contribution in [0.25, 0.3) is 0 Å². The zero-order valence-electron chi connectivity index (χ0n) is 14.5. The highest BCUT2D eigenvalue weighted by atomic mass is 32.1. The van der Waals surface area contributed by atoms with Gasteiger partial charge in [-0.1, -0.05) is 42.5 Å². The maximum absolute atomic E-state index is 5.39. The third-order valence-corrected chi connectivity index (χ3v) is 4.16. The van der Waals surface area contributed by atoms with Gasteiger partial charge < -0.3 is 20.3 Å². The van der Waals surface area contributed by atoms with E-state index in [4.69, 9.17) is 17.0 Å². The molecule has 0 fully saturated rings. The standard InChI is InChI=1S/C19H25N3OS/c1-22(2)18(16-9-11-17(23-3)12-10-16)14-21-19(24)20-13-15-7-5-4-6-8-15/h4-12,18H,13-14H2,1-3H3,(H2,20,21,24)/t18-/m0/s1. The Morgan fingerprint density at radius 1 is 1.04 bits per heavy atom. The minimum absolute atomic E-state index is 0.229. The summed E-state index contributed by atoms with van der Waals surface area (Å²) in [6, 6.07) is 18.6. The van der Waals surface area contributed by atoms with Crippen LogP contribution in [0.2, 0.25) is 0 Å². The lowest BCUT2D eigenvalue weighted by Crippen LogP contribution is -2.40. The highest BCUT2D eigenvalue weighted by Gasteiger charge is 2.14. The third-order valence-electron chi connectivity index (χ3n) is 3.88. The molecule has 1 atom stereocenters. The maximum atomic E-state index is 5.39. The molecule has 0 aliphatic heterocycles. The molecule has 0 unspecified atom stereocenters. The van der Waals surface area contributed by atoms with Gasteiger partial charge in [-0.3, -0.25) is 0 Å². The fraction of sp³-hybridized carbons (Fsp3) is 0.316. The number of benzene rings is 2. The minimum atomic E-state index is 0.229. The number of nitrogens with one attached hydrogen (secondary N) is 2. The van der Waals surface area contributed by atoms with Gasteiger partial charge in [0.2, 0.25) is 0 Å². The molecule has 2 aromatic rings. The van der Waals surface area contributed by atoms with Gasteiger partial charge in [-0.15, -0.1) is 0 Å². The van der Waals surface area contributed by atoms with E-state index in [9.17, 15) is 0 Å². The van der Waals surface area contributed by atoms with Crippen LogP contribution in [-0.2, 0) is 6.54 Å². The minimum Gasteiger partial charge on any atom is -0.497 e. The van der Waals surface area contributed by atoms with Crippen molar-refractivity contribution in [3.05, 3.63) is 65.7 Å². The van der Waals surface area contributed by atoms with E-state index >= 15 is 0 Å². The summed E-state index contributed by atoms with van der Waals surface area (Å²) in [6.45, 7) is 1.46. The average molecular weight is 343 g/mol. The van der Waals surface area contributed by atoms with Crippen molar-refractivity contribution in [1.29, 1.82) is 0 Å². The van der Waals surface area contributed by atoms with E-state index in [0.29, 0.717) is 5.11 Å². The normalized spacial score (nSPS) is 11.8. The molecular weight excluding hydrogens is 318 g/mol. The summed E-state index contributed by atoms with van der Waals surface area (Å²) in [5.74, 6) is 0.865. The molecule has 4 nitrogen and oxygen atoms in total. The molecule has 128 valence electrons. The predicted octanol–water partition coefficient (Wildman–Crippen LogP) is 2.96. The molecule has 2 rings (SSSR count). The Hall–Kier alpha value is -2.11. The van der Waals surface area contributed by atoms with Gasteiger partial charge in [0.25, 0.3) is 0 Å². The van der Waals surface area contributed by atoms with Crippen LogP contribution >= 0.6 is 12.2 Å². The van der Waals surface area contributed by atoms with Gasteiger partial charge in [0.05, 0.1) is 13.2 Å². The van der Waals surface area contributed by atoms with Crippen LogP contribution < -0.4 is 15.4 Å². The Bertz CT molecular complexity index is 629. The quantitative estimate of drug-likeness (QED) is 0.756. The Labute approximate surface area is 149 Å². The summed E-state index contributed by atoms with van der Waals surface area (Å²) in [5.41, 5.74) is 2.43. The van der Waals surface area contributed by atoms with Crippen molar-refractivity contribution in [2.24, 2.45) is 0 Å². The molecule has 0 radical (unpaired) electrons. The Kier molecular flexibility index (Phi) is 7.03. The molecule has 2 N–H and O–H groups in total. The van der Waals surface area contributed by atoms with Crippen LogP contribution in [0, 0.1) is 0 Å². The van der Waals surface area contributed by atoms with Crippen LogP contribution in [-0.4, -0.2) is 37.8 Å². The summed E-state index contributed by atoms with van der Waals surface area (Å²) in [5, 5.41) is 7.22. The molecular formula is C19H25N3OS. The van der Waals surface area contributed by atoms with Crippen LogP contribution in [0.3, 0.4) is 0 Å². The number of rotatable bonds is 7. The number of nitrogens with zero attached hydrogens (tertiary/aromatic N) is 1. The van der Waals surface area contributed by atoms with E-state index in [1.807, 2.05) is 30.3 Å². The zero-order chi connectivity index (χ0) is 17.4. The van der Waals surface area contributed by atoms with Crippen molar-refractivity contribution in [1.82, 2.24) is 15.5 Å². The molecule has 0 saturated carbocycles. The Morgan fingerprint density at radius 3 is 2.29 bits per heavy atom. The largest absolute Gasteiger partial charge is 0.497 e. The maximum Gasteiger partial charge on any atom is 0.166 e. The van der Waals surface area contributed by atoms with Gasteiger partial charge in [0, 0.05) is 13.1 Å². The molecule has 5 heteroatoms. The van der Waals surface area contributed by atoms with Crippen LogP contribution in [0.1, 0.15) is 17.2 Å². The van der Waals surface area contributed by atoms with E-state index < -0.39 is 0 Å². The summed E-state index contributed by atoms with van der Waals surface area (Å²) in [4.78, 5) is 2.18. The van der Waals surface area contributed by atoms with Gasteiger partial charge in [-0.05, 0) is 49.6 Å². The number of thiocarbonyl (C=S) groups is 1. The first-order valence-electron chi connectivity index (χ1n) is 7.96. The van der Waals surface area contributed by atoms with Gasteiger partial charge in [0.1, 0.15) is 5.75 Å². The molecule has 2 aromatic carbocycles. The number of hydrogen-bond donors (Lipinski definition) is 2. The van der Waals surface area contributed by atoms with Crippen LogP contribution in [0.15, 0.2) is 54.6 Å². The molecule has 0 spiro atoms. The molecule has 0 aromatic heterocycles. The van der Waals surface area contributed by atoms with E-state index in [1.165, 1.54) is 11.1 Å². The molecule has 0 heterocycles. The molecule has 0 bridgehead atoms. The Morgan fingerprint density at radius 2 is 1.71 bits per heavy atom. The van der Waals surface area contributed by atoms with E-state index in [-0.39, 0.29) is 6.04 Å². The van der Waals surface area contributed by atoms with E-state index in [0.717, 1.165) is 18.8 Å². The summed E-state index contributed by atoms with van der Waals surface area (Å²) in [6.07, 6.45) is 0. The third kappa shape index (κ3) is 5.51. The highest BCUT2D eigenvalue weighted by molar-refractivity contribution is 7.80. The average Bonchev–Trinajstić information content (AvgIpc) is 2.61. The van der Waals surface area contributed by atoms with Gasteiger partial charge in [0.15, 0.2) is 5.11 Å². The first-order valence-corrected chi connectivity index (χ1v) is 8.37. The smallest absolute Gasteiger partial charge is 0.166 e. The lowest BCUT2D eigenvalue weighted by molar-refractivity contribution is 0.298. The SMILES string of the molecule is COc1ccc([C@H](CNC(=S)NCc2ccccc2)N(C)C)cc1.